The predicted molar refractivity (Wildman–Crippen MR) is 76.4 cm³/mol. The standard InChI is InChI=1S/C15H26N2O3/c18-14(9-6-10-17-11-12-20-15(17)19)16-13-7-4-2-1-3-5-8-13/h13H,1-12H2,(H,16,18). The van der Waals surface area contributed by atoms with E-state index in [1.165, 1.54) is 32.1 Å². The van der Waals surface area contributed by atoms with Gasteiger partial charge >= 0.3 is 6.09 Å². The second-order valence-corrected chi connectivity index (χ2v) is 5.81. The summed E-state index contributed by atoms with van der Waals surface area (Å²) in [5, 5.41) is 3.15. The fraction of sp³-hybridized carbons (Fsp3) is 0.867. The zero-order valence-electron chi connectivity index (χ0n) is 12.2. The van der Waals surface area contributed by atoms with Gasteiger partial charge in [-0.05, 0) is 19.3 Å². The van der Waals surface area contributed by atoms with E-state index in [1.54, 1.807) is 4.90 Å². The predicted octanol–water partition coefficient (Wildman–Crippen LogP) is 2.45. The van der Waals surface area contributed by atoms with Gasteiger partial charge in [-0.3, -0.25) is 4.79 Å². The maximum absolute atomic E-state index is 11.9. The molecule has 0 radical (unpaired) electrons. The third-order valence-corrected chi connectivity index (χ3v) is 4.15. The first-order valence-corrected chi connectivity index (χ1v) is 7.97. The van der Waals surface area contributed by atoms with Crippen LogP contribution in [0.15, 0.2) is 0 Å². The summed E-state index contributed by atoms with van der Waals surface area (Å²) in [5.41, 5.74) is 0. The molecule has 0 aromatic rings. The molecule has 1 heterocycles. The third-order valence-electron chi connectivity index (χ3n) is 4.15. The topological polar surface area (TPSA) is 58.6 Å². The molecule has 1 saturated heterocycles. The fourth-order valence-corrected chi connectivity index (χ4v) is 2.96. The number of ether oxygens (including phenoxy) is 1. The number of carbonyl (C=O) groups excluding carboxylic acids is 2. The van der Waals surface area contributed by atoms with Crippen molar-refractivity contribution in [1.82, 2.24) is 10.2 Å². The molecule has 5 nitrogen and oxygen atoms in total. The lowest BCUT2D eigenvalue weighted by molar-refractivity contribution is -0.122. The molecule has 0 aromatic carbocycles. The van der Waals surface area contributed by atoms with Gasteiger partial charge in [-0.25, -0.2) is 4.79 Å². The van der Waals surface area contributed by atoms with Gasteiger partial charge in [0, 0.05) is 19.0 Å². The monoisotopic (exact) mass is 282 g/mol. The molecule has 0 spiro atoms. The van der Waals surface area contributed by atoms with E-state index >= 15 is 0 Å². The lowest BCUT2D eigenvalue weighted by Crippen LogP contribution is -2.35. The van der Waals surface area contributed by atoms with Gasteiger partial charge in [-0.2, -0.15) is 0 Å². The number of nitrogens with one attached hydrogen (secondary N) is 1. The zero-order chi connectivity index (χ0) is 14.2. The van der Waals surface area contributed by atoms with Crippen LogP contribution >= 0.6 is 0 Å². The molecule has 0 unspecified atom stereocenters. The van der Waals surface area contributed by atoms with Gasteiger partial charge in [-0.1, -0.05) is 32.1 Å². The Hall–Kier alpha value is -1.26. The Balaban J connectivity index is 1.60. The highest BCUT2D eigenvalue weighted by Crippen LogP contribution is 2.17. The smallest absolute Gasteiger partial charge is 0.409 e. The summed E-state index contributed by atoms with van der Waals surface area (Å²) in [6, 6.07) is 0.361. The van der Waals surface area contributed by atoms with Crippen molar-refractivity contribution in [2.45, 2.75) is 63.8 Å². The van der Waals surface area contributed by atoms with Crippen molar-refractivity contribution in [3.8, 4) is 0 Å². The number of hydrogen-bond donors (Lipinski definition) is 1. The zero-order valence-corrected chi connectivity index (χ0v) is 12.2. The summed E-state index contributed by atoms with van der Waals surface area (Å²) in [5.74, 6) is 0.128. The largest absolute Gasteiger partial charge is 0.448 e. The Morgan fingerprint density at radius 2 is 1.90 bits per heavy atom. The molecule has 5 heteroatoms. The van der Waals surface area contributed by atoms with Gasteiger partial charge in [-0.15, -0.1) is 0 Å². The molecule has 1 aliphatic carbocycles. The molecule has 0 aromatic heterocycles. The van der Waals surface area contributed by atoms with Gasteiger partial charge in [0.2, 0.25) is 5.91 Å². The molecule has 2 rings (SSSR count). The molecule has 114 valence electrons. The number of rotatable bonds is 5. The summed E-state index contributed by atoms with van der Waals surface area (Å²) in [7, 11) is 0. The summed E-state index contributed by atoms with van der Waals surface area (Å²) < 4.78 is 4.86. The average Bonchev–Trinajstić information content (AvgIpc) is 2.78. The summed E-state index contributed by atoms with van der Waals surface area (Å²) in [6.45, 7) is 1.76. The van der Waals surface area contributed by atoms with Crippen LogP contribution in [0, 0.1) is 0 Å². The highest BCUT2D eigenvalue weighted by Gasteiger charge is 2.21. The van der Waals surface area contributed by atoms with E-state index in [-0.39, 0.29) is 12.0 Å². The molecule has 2 aliphatic rings. The van der Waals surface area contributed by atoms with Crippen LogP contribution in [0.1, 0.15) is 57.8 Å². The first-order valence-electron chi connectivity index (χ1n) is 7.97. The van der Waals surface area contributed by atoms with Crippen LogP contribution in [0.3, 0.4) is 0 Å². The fourth-order valence-electron chi connectivity index (χ4n) is 2.96. The number of nitrogens with zero attached hydrogens (tertiary/aromatic N) is 1. The number of carbonyl (C=O) groups is 2. The Bertz CT molecular complexity index is 325. The maximum Gasteiger partial charge on any atom is 0.409 e. The molecule has 2 amide bonds. The van der Waals surface area contributed by atoms with E-state index in [2.05, 4.69) is 5.32 Å². The molecule has 0 atom stereocenters. The highest BCUT2D eigenvalue weighted by molar-refractivity contribution is 5.76. The Morgan fingerprint density at radius 1 is 1.20 bits per heavy atom. The molecule has 1 aliphatic heterocycles. The van der Waals surface area contributed by atoms with Crippen molar-refractivity contribution >= 4 is 12.0 Å². The van der Waals surface area contributed by atoms with Crippen LogP contribution in [0.2, 0.25) is 0 Å². The van der Waals surface area contributed by atoms with Crippen molar-refractivity contribution in [2.75, 3.05) is 19.7 Å². The minimum Gasteiger partial charge on any atom is -0.448 e. The van der Waals surface area contributed by atoms with E-state index in [9.17, 15) is 9.59 Å². The number of cyclic esters (lactones) is 1. The van der Waals surface area contributed by atoms with Crippen LogP contribution in [-0.2, 0) is 9.53 Å². The van der Waals surface area contributed by atoms with Crippen LogP contribution in [-0.4, -0.2) is 42.6 Å². The van der Waals surface area contributed by atoms with E-state index < -0.39 is 0 Å². The first kappa shape index (κ1) is 15.1. The van der Waals surface area contributed by atoms with E-state index in [0.717, 1.165) is 12.8 Å². The van der Waals surface area contributed by atoms with Crippen molar-refractivity contribution in [3.63, 3.8) is 0 Å². The Labute approximate surface area is 121 Å². The average molecular weight is 282 g/mol. The summed E-state index contributed by atoms with van der Waals surface area (Å²) >= 11 is 0. The van der Waals surface area contributed by atoms with Gasteiger partial charge < -0.3 is 15.0 Å². The van der Waals surface area contributed by atoms with Crippen molar-refractivity contribution in [2.24, 2.45) is 0 Å². The van der Waals surface area contributed by atoms with Gasteiger partial charge in [0.15, 0.2) is 0 Å². The lowest BCUT2D eigenvalue weighted by atomic mass is 9.96. The highest BCUT2D eigenvalue weighted by atomic mass is 16.6. The quantitative estimate of drug-likeness (QED) is 0.842. The number of amides is 2. The van der Waals surface area contributed by atoms with Crippen LogP contribution < -0.4 is 5.32 Å². The molecular formula is C15H26N2O3. The molecule has 1 N–H and O–H groups in total. The van der Waals surface area contributed by atoms with Crippen molar-refractivity contribution in [3.05, 3.63) is 0 Å². The molecule has 0 bridgehead atoms. The second kappa shape index (κ2) is 8.12. The molecule has 2 fully saturated rings. The Kier molecular flexibility index (Phi) is 6.15. The summed E-state index contributed by atoms with van der Waals surface area (Å²) in [4.78, 5) is 24.8. The SMILES string of the molecule is O=C(CCCN1CCOC1=O)NC1CCCCCCC1. The molecular weight excluding hydrogens is 256 g/mol. The third kappa shape index (κ3) is 5.02. The normalized spacial score (nSPS) is 21.2. The van der Waals surface area contributed by atoms with Gasteiger partial charge in [0.25, 0.3) is 0 Å². The lowest BCUT2D eigenvalue weighted by Gasteiger charge is -2.21. The van der Waals surface area contributed by atoms with Crippen molar-refractivity contribution < 1.29 is 14.3 Å². The summed E-state index contributed by atoms with van der Waals surface area (Å²) in [6.07, 6.45) is 9.59. The van der Waals surface area contributed by atoms with E-state index in [4.69, 9.17) is 4.74 Å². The Morgan fingerprint density at radius 3 is 2.55 bits per heavy atom. The maximum atomic E-state index is 11.9. The van der Waals surface area contributed by atoms with Crippen LogP contribution in [0.25, 0.3) is 0 Å². The first-order chi connectivity index (χ1) is 9.75. The van der Waals surface area contributed by atoms with E-state index in [1.807, 2.05) is 0 Å². The van der Waals surface area contributed by atoms with Gasteiger partial charge in [0.05, 0.1) is 6.54 Å². The molecule has 1 saturated carbocycles. The minimum atomic E-state index is -0.245. The van der Waals surface area contributed by atoms with Crippen LogP contribution in [0.4, 0.5) is 4.79 Å². The van der Waals surface area contributed by atoms with Crippen molar-refractivity contribution in [1.29, 1.82) is 0 Å². The second-order valence-electron chi connectivity index (χ2n) is 5.81. The minimum absolute atomic E-state index is 0.128. The molecule has 20 heavy (non-hydrogen) atoms. The van der Waals surface area contributed by atoms with E-state index in [0.29, 0.717) is 38.6 Å². The van der Waals surface area contributed by atoms with Crippen LogP contribution in [0.5, 0.6) is 0 Å². The number of hydrogen-bond acceptors (Lipinski definition) is 3. The van der Waals surface area contributed by atoms with Gasteiger partial charge in [0.1, 0.15) is 6.61 Å².